The van der Waals surface area contributed by atoms with Gasteiger partial charge in [-0.25, -0.2) is 9.97 Å². The minimum Gasteiger partial charge on any atom is -0.475 e. The van der Waals surface area contributed by atoms with Crippen molar-refractivity contribution in [3.8, 4) is 5.88 Å². The molecule has 0 bridgehead atoms. The summed E-state index contributed by atoms with van der Waals surface area (Å²) in [6, 6.07) is 0. The fourth-order valence-corrected chi connectivity index (χ4v) is 1.13. The fraction of sp³-hybridized carbons (Fsp3) is 0.600. The molecule has 0 N–H and O–H groups in total. The van der Waals surface area contributed by atoms with Gasteiger partial charge >= 0.3 is 0 Å². The van der Waals surface area contributed by atoms with Gasteiger partial charge in [0.1, 0.15) is 18.1 Å². The van der Waals surface area contributed by atoms with Crippen molar-refractivity contribution >= 4 is 11.6 Å². The van der Waals surface area contributed by atoms with Crippen LogP contribution in [0, 0.1) is 6.92 Å². The fourth-order valence-electron chi connectivity index (χ4n) is 1.00. The minimum absolute atomic E-state index is 0.425. The molecule has 0 aromatic carbocycles. The molecule has 5 heteroatoms. The molecular weight excluding hydrogens is 216 g/mol. The van der Waals surface area contributed by atoms with Crippen LogP contribution in [0.2, 0.25) is 5.15 Å². The molecule has 0 saturated heterocycles. The van der Waals surface area contributed by atoms with Crippen molar-refractivity contribution in [1.29, 1.82) is 0 Å². The van der Waals surface area contributed by atoms with E-state index in [1.807, 2.05) is 6.92 Å². The lowest BCUT2D eigenvalue weighted by Gasteiger charge is -2.08. The van der Waals surface area contributed by atoms with Gasteiger partial charge in [0.15, 0.2) is 0 Å². The molecule has 0 unspecified atom stereocenters. The third-order valence-corrected chi connectivity index (χ3v) is 2.17. The molecule has 15 heavy (non-hydrogen) atoms. The van der Waals surface area contributed by atoms with Crippen LogP contribution in [-0.4, -0.2) is 29.8 Å². The summed E-state index contributed by atoms with van der Waals surface area (Å²) in [5.41, 5.74) is 0.759. The molecule has 0 fully saturated rings. The first-order valence-corrected chi connectivity index (χ1v) is 5.31. The summed E-state index contributed by atoms with van der Waals surface area (Å²) in [4.78, 5) is 7.82. The number of ether oxygens (including phenoxy) is 2. The maximum absolute atomic E-state index is 5.81. The van der Waals surface area contributed by atoms with E-state index >= 15 is 0 Å². The molecule has 84 valence electrons. The first kappa shape index (κ1) is 12.2. The first-order valence-electron chi connectivity index (χ1n) is 4.93. The number of hydrogen-bond donors (Lipinski definition) is 0. The maximum atomic E-state index is 5.81. The van der Waals surface area contributed by atoms with E-state index in [1.54, 1.807) is 0 Å². The lowest BCUT2D eigenvalue weighted by atomic mass is 10.4. The van der Waals surface area contributed by atoms with Gasteiger partial charge in [-0.3, -0.25) is 0 Å². The summed E-state index contributed by atoms with van der Waals surface area (Å²) in [6.07, 6.45) is 2.40. The van der Waals surface area contributed by atoms with Crippen LogP contribution in [0.1, 0.15) is 18.9 Å². The smallest absolute Gasteiger partial charge is 0.220 e. The number of aromatic nitrogens is 2. The highest BCUT2D eigenvalue weighted by Crippen LogP contribution is 2.19. The zero-order chi connectivity index (χ0) is 11.1. The van der Waals surface area contributed by atoms with Crippen molar-refractivity contribution in [2.75, 3.05) is 19.8 Å². The second-order valence-corrected chi connectivity index (χ2v) is 3.41. The Morgan fingerprint density at radius 3 is 2.80 bits per heavy atom. The van der Waals surface area contributed by atoms with Gasteiger partial charge in [-0.15, -0.1) is 0 Å². The van der Waals surface area contributed by atoms with Crippen molar-refractivity contribution < 1.29 is 9.47 Å². The van der Waals surface area contributed by atoms with Gasteiger partial charge in [0, 0.05) is 12.2 Å². The highest BCUT2D eigenvalue weighted by Gasteiger charge is 2.05. The van der Waals surface area contributed by atoms with Crippen molar-refractivity contribution in [1.82, 2.24) is 9.97 Å². The number of halogens is 1. The zero-order valence-electron chi connectivity index (χ0n) is 8.99. The third kappa shape index (κ3) is 4.01. The van der Waals surface area contributed by atoms with Crippen LogP contribution in [0.3, 0.4) is 0 Å². The van der Waals surface area contributed by atoms with Gasteiger partial charge in [-0.2, -0.15) is 0 Å². The predicted octanol–water partition coefficient (Wildman–Crippen LogP) is 2.24. The Balaban J connectivity index is 2.34. The van der Waals surface area contributed by atoms with E-state index in [9.17, 15) is 0 Å². The highest BCUT2D eigenvalue weighted by molar-refractivity contribution is 6.30. The molecule has 0 aliphatic rings. The van der Waals surface area contributed by atoms with Gasteiger partial charge in [0.05, 0.1) is 6.61 Å². The maximum Gasteiger partial charge on any atom is 0.220 e. The van der Waals surface area contributed by atoms with Gasteiger partial charge < -0.3 is 9.47 Å². The van der Waals surface area contributed by atoms with Crippen LogP contribution < -0.4 is 4.74 Å². The summed E-state index contributed by atoms with van der Waals surface area (Å²) in [7, 11) is 0. The number of rotatable bonds is 6. The Kier molecular flexibility index (Phi) is 5.36. The molecule has 0 saturated carbocycles. The van der Waals surface area contributed by atoms with E-state index in [0.29, 0.717) is 24.2 Å². The molecule has 0 amide bonds. The SMILES string of the molecule is CCCOCCOc1ncnc(Cl)c1C. The predicted molar refractivity (Wildman–Crippen MR) is 58.4 cm³/mol. The van der Waals surface area contributed by atoms with Crippen LogP contribution in [0.5, 0.6) is 5.88 Å². The molecule has 1 aromatic rings. The Bertz CT molecular complexity index is 307. The van der Waals surface area contributed by atoms with E-state index in [4.69, 9.17) is 21.1 Å². The summed E-state index contributed by atoms with van der Waals surface area (Å²) in [5.74, 6) is 0.523. The third-order valence-electron chi connectivity index (χ3n) is 1.79. The van der Waals surface area contributed by atoms with Crippen LogP contribution in [0.25, 0.3) is 0 Å². The topological polar surface area (TPSA) is 44.2 Å². The lowest BCUT2D eigenvalue weighted by Crippen LogP contribution is -2.09. The van der Waals surface area contributed by atoms with Gasteiger partial charge in [-0.05, 0) is 13.3 Å². The summed E-state index contributed by atoms with van der Waals surface area (Å²) in [5, 5.41) is 0.425. The van der Waals surface area contributed by atoms with Crippen molar-refractivity contribution in [3.63, 3.8) is 0 Å². The number of hydrogen-bond acceptors (Lipinski definition) is 4. The van der Waals surface area contributed by atoms with Crippen LogP contribution in [0.4, 0.5) is 0 Å². The molecular formula is C10H15ClN2O2. The van der Waals surface area contributed by atoms with Crippen LogP contribution in [0.15, 0.2) is 6.33 Å². The Labute approximate surface area is 94.6 Å². The standard InChI is InChI=1S/C10H15ClN2O2/c1-3-4-14-5-6-15-10-8(2)9(11)12-7-13-10/h7H,3-6H2,1-2H3. The molecule has 0 radical (unpaired) electrons. The van der Waals surface area contributed by atoms with Crippen LogP contribution in [-0.2, 0) is 4.74 Å². The quantitative estimate of drug-likeness (QED) is 0.555. The average Bonchev–Trinajstić information content (AvgIpc) is 2.24. The van der Waals surface area contributed by atoms with Crippen LogP contribution >= 0.6 is 11.6 Å². The summed E-state index contributed by atoms with van der Waals surface area (Å²) in [6.45, 7) is 5.69. The molecule has 0 aliphatic heterocycles. The largest absolute Gasteiger partial charge is 0.475 e. The molecule has 4 nitrogen and oxygen atoms in total. The highest BCUT2D eigenvalue weighted by atomic mass is 35.5. The molecule has 0 aliphatic carbocycles. The van der Waals surface area contributed by atoms with Crippen molar-refractivity contribution in [2.24, 2.45) is 0 Å². The van der Waals surface area contributed by atoms with Gasteiger partial charge in [0.25, 0.3) is 0 Å². The van der Waals surface area contributed by atoms with E-state index in [-0.39, 0.29) is 0 Å². The minimum atomic E-state index is 0.425. The lowest BCUT2D eigenvalue weighted by molar-refractivity contribution is 0.0987. The zero-order valence-corrected chi connectivity index (χ0v) is 9.75. The monoisotopic (exact) mass is 230 g/mol. The van der Waals surface area contributed by atoms with Gasteiger partial charge in [0.2, 0.25) is 5.88 Å². The Hall–Kier alpha value is -0.870. The normalized spacial score (nSPS) is 10.3. The van der Waals surface area contributed by atoms with Crippen molar-refractivity contribution in [3.05, 3.63) is 17.0 Å². The molecule has 1 rings (SSSR count). The summed E-state index contributed by atoms with van der Waals surface area (Å²) >= 11 is 5.81. The summed E-state index contributed by atoms with van der Waals surface area (Å²) < 4.78 is 10.7. The average molecular weight is 231 g/mol. The second kappa shape index (κ2) is 6.58. The van der Waals surface area contributed by atoms with E-state index < -0.39 is 0 Å². The second-order valence-electron chi connectivity index (χ2n) is 3.06. The Morgan fingerprint density at radius 2 is 2.07 bits per heavy atom. The van der Waals surface area contributed by atoms with Gasteiger partial charge in [-0.1, -0.05) is 18.5 Å². The van der Waals surface area contributed by atoms with Crippen molar-refractivity contribution in [2.45, 2.75) is 20.3 Å². The van der Waals surface area contributed by atoms with E-state index in [0.717, 1.165) is 18.6 Å². The van der Waals surface area contributed by atoms with E-state index in [1.165, 1.54) is 6.33 Å². The molecule has 1 heterocycles. The molecule has 0 atom stereocenters. The molecule has 1 aromatic heterocycles. The van der Waals surface area contributed by atoms with E-state index in [2.05, 4.69) is 16.9 Å². The Morgan fingerprint density at radius 1 is 1.27 bits per heavy atom. The number of nitrogens with zero attached hydrogens (tertiary/aromatic N) is 2. The molecule has 0 spiro atoms. The first-order chi connectivity index (χ1) is 7.25.